The van der Waals surface area contributed by atoms with Crippen LogP contribution in [0.4, 0.5) is 0 Å². The minimum atomic E-state index is -0.300. The van der Waals surface area contributed by atoms with Gasteiger partial charge in [-0.2, -0.15) is 0 Å². The first kappa shape index (κ1) is 14.9. The fourth-order valence-corrected chi connectivity index (χ4v) is 2.45. The van der Waals surface area contributed by atoms with Gasteiger partial charge in [-0.1, -0.05) is 12.1 Å². The Labute approximate surface area is 128 Å². The molecule has 2 aliphatic rings. The zero-order valence-electron chi connectivity index (χ0n) is 13.7. The second-order valence-electron chi connectivity index (χ2n) is 7.37. The van der Waals surface area contributed by atoms with Crippen LogP contribution in [0.1, 0.15) is 46.1 Å². The fraction of sp³-hybridized carbons (Fsp3) is 0.647. The van der Waals surface area contributed by atoms with E-state index in [0.29, 0.717) is 0 Å². The van der Waals surface area contributed by atoms with Gasteiger partial charge < -0.3 is 14.0 Å². The van der Waals surface area contributed by atoms with Gasteiger partial charge in [-0.25, -0.2) is 0 Å². The lowest BCUT2D eigenvalue weighted by Gasteiger charge is -2.32. The molecule has 0 bridgehead atoms. The van der Waals surface area contributed by atoms with Crippen molar-refractivity contribution in [1.82, 2.24) is 0 Å². The summed E-state index contributed by atoms with van der Waals surface area (Å²) in [6.45, 7) is 11.2. The van der Waals surface area contributed by atoms with Gasteiger partial charge in [0, 0.05) is 0 Å². The Hall–Kier alpha value is -0.995. The van der Waals surface area contributed by atoms with Crippen molar-refractivity contribution in [2.45, 2.75) is 58.7 Å². The molecule has 0 N–H and O–H groups in total. The molecular formula is C17H25BO3. The molecule has 0 radical (unpaired) electrons. The molecule has 0 aromatic heterocycles. The highest BCUT2D eigenvalue weighted by molar-refractivity contribution is 6.62. The molecule has 0 amide bonds. The van der Waals surface area contributed by atoms with Crippen molar-refractivity contribution in [1.29, 1.82) is 0 Å². The summed E-state index contributed by atoms with van der Waals surface area (Å²) in [4.78, 5) is 0. The lowest BCUT2D eigenvalue weighted by atomic mass is 9.78. The first-order valence-corrected chi connectivity index (χ1v) is 7.87. The van der Waals surface area contributed by atoms with Crippen molar-refractivity contribution < 1.29 is 14.0 Å². The maximum atomic E-state index is 6.09. The molecule has 1 aliphatic heterocycles. The van der Waals surface area contributed by atoms with Gasteiger partial charge in [0.05, 0.1) is 17.8 Å². The Morgan fingerprint density at radius 1 is 1.14 bits per heavy atom. The average molecular weight is 288 g/mol. The van der Waals surface area contributed by atoms with Crippen LogP contribution in [0.25, 0.3) is 0 Å². The largest absolute Gasteiger partial charge is 0.494 e. The van der Waals surface area contributed by atoms with E-state index in [4.69, 9.17) is 14.0 Å². The van der Waals surface area contributed by atoms with Crippen LogP contribution >= 0.6 is 0 Å². The van der Waals surface area contributed by atoms with Crippen molar-refractivity contribution in [2.24, 2.45) is 5.92 Å². The molecule has 2 fully saturated rings. The Bertz CT molecular complexity index is 519. The van der Waals surface area contributed by atoms with E-state index in [1.54, 1.807) is 0 Å². The van der Waals surface area contributed by atoms with Gasteiger partial charge in [0.15, 0.2) is 0 Å². The quantitative estimate of drug-likeness (QED) is 0.797. The number of hydrogen-bond donors (Lipinski definition) is 0. The molecule has 0 spiro atoms. The van der Waals surface area contributed by atoms with Crippen LogP contribution in [0.2, 0.25) is 0 Å². The van der Waals surface area contributed by atoms with E-state index in [2.05, 4.69) is 46.8 Å². The Kier molecular flexibility index (Phi) is 3.57. The second-order valence-corrected chi connectivity index (χ2v) is 7.37. The SMILES string of the molecule is Cc1cc(B2OC(C)(C)C(C)(C)O2)ccc1OCC1CC1. The molecule has 1 saturated heterocycles. The van der Waals surface area contributed by atoms with Crippen molar-refractivity contribution in [2.75, 3.05) is 6.61 Å². The summed E-state index contributed by atoms with van der Waals surface area (Å²) in [6.07, 6.45) is 2.62. The van der Waals surface area contributed by atoms with E-state index in [-0.39, 0.29) is 18.3 Å². The molecule has 1 aromatic rings. The monoisotopic (exact) mass is 288 g/mol. The van der Waals surface area contributed by atoms with Gasteiger partial charge in [0.1, 0.15) is 5.75 Å². The second kappa shape index (κ2) is 5.03. The van der Waals surface area contributed by atoms with E-state index in [9.17, 15) is 0 Å². The molecule has 1 heterocycles. The van der Waals surface area contributed by atoms with Gasteiger partial charge in [0.25, 0.3) is 0 Å². The first-order valence-electron chi connectivity index (χ1n) is 7.87. The normalized spacial score (nSPS) is 23.4. The zero-order chi connectivity index (χ0) is 15.3. The van der Waals surface area contributed by atoms with E-state index >= 15 is 0 Å². The highest BCUT2D eigenvalue weighted by Gasteiger charge is 2.51. The molecule has 114 valence electrons. The standard InChI is InChI=1S/C17H25BO3/c1-12-10-14(8-9-15(12)19-11-13-6-7-13)18-20-16(2,3)17(4,5)21-18/h8-10,13H,6-7,11H2,1-5H3. The van der Waals surface area contributed by atoms with Gasteiger partial charge in [-0.05, 0) is 70.5 Å². The fourth-order valence-electron chi connectivity index (χ4n) is 2.45. The Balaban J connectivity index is 1.73. The number of hydrogen-bond acceptors (Lipinski definition) is 3. The lowest BCUT2D eigenvalue weighted by Crippen LogP contribution is -2.41. The highest BCUT2D eigenvalue weighted by atomic mass is 16.7. The zero-order valence-corrected chi connectivity index (χ0v) is 13.7. The predicted octanol–water partition coefficient (Wildman–Crippen LogP) is 3.08. The summed E-state index contributed by atoms with van der Waals surface area (Å²) >= 11 is 0. The van der Waals surface area contributed by atoms with E-state index in [0.717, 1.165) is 29.3 Å². The van der Waals surface area contributed by atoms with Gasteiger partial charge >= 0.3 is 7.12 Å². The summed E-state index contributed by atoms with van der Waals surface area (Å²) in [7, 11) is -0.300. The van der Waals surface area contributed by atoms with Crippen LogP contribution in [-0.2, 0) is 9.31 Å². The van der Waals surface area contributed by atoms with E-state index in [1.165, 1.54) is 12.8 Å². The van der Waals surface area contributed by atoms with E-state index < -0.39 is 0 Å². The molecule has 1 aliphatic carbocycles. The Morgan fingerprint density at radius 2 is 1.76 bits per heavy atom. The lowest BCUT2D eigenvalue weighted by molar-refractivity contribution is 0.00578. The molecular weight excluding hydrogens is 263 g/mol. The van der Waals surface area contributed by atoms with Crippen molar-refractivity contribution >= 4 is 12.6 Å². The molecule has 21 heavy (non-hydrogen) atoms. The van der Waals surface area contributed by atoms with E-state index in [1.807, 2.05) is 6.07 Å². The molecule has 1 aromatic carbocycles. The highest BCUT2D eigenvalue weighted by Crippen LogP contribution is 2.36. The van der Waals surface area contributed by atoms with Gasteiger partial charge in [-0.3, -0.25) is 0 Å². The van der Waals surface area contributed by atoms with Crippen molar-refractivity contribution in [3.8, 4) is 5.75 Å². The van der Waals surface area contributed by atoms with Crippen LogP contribution in [0, 0.1) is 12.8 Å². The van der Waals surface area contributed by atoms with Gasteiger partial charge in [0.2, 0.25) is 0 Å². The summed E-state index contributed by atoms with van der Waals surface area (Å²) in [5.74, 6) is 1.74. The first-order chi connectivity index (χ1) is 9.78. The van der Waals surface area contributed by atoms with Crippen LogP contribution in [0.3, 0.4) is 0 Å². The summed E-state index contributed by atoms with van der Waals surface area (Å²) in [5.41, 5.74) is 1.60. The molecule has 3 nitrogen and oxygen atoms in total. The predicted molar refractivity (Wildman–Crippen MR) is 85.1 cm³/mol. The van der Waals surface area contributed by atoms with Crippen molar-refractivity contribution in [3.05, 3.63) is 23.8 Å². The van der Waals surface area contributed by atoms with Crippen LogP contribution in [0.15, 0.2) is 18.2 Å². The molecule has 0 unspecified atom stereocenters. The number of benzene rings is 1. The molecule has 1 saturated carbocycles. The van der Waals surface area contributed by atoms with Crippen LogP contribution in [0.5, 0.6) is 5.75 Å². The minimum Gasteiger partial charge on any atom is -0.493 e. The molecule has 3 rings (SSSR count). The number of rotatable bonds is 4. The summed E-state index contributed by atoms with van der Waals surface area (Å²) in [5, 5.41) is 0. The van der Waals surface area contributed by atoms with Crippen LogP contribution in [-0.4, -0.2) is 24.9 Å². The smallest absolute Gasteiger partial charge is 0.493 e. The third-order valence-electron chi connectivity index (χ3n) is 4.90. The average Bonchev–Trinajstić information content (AvgIpc) is 3.16. The maximum absolute atomic E-state index is 6.09. The number of aryl methyl sites for hydroxylation is 1. The maximum Gasteiger partial charge on any atom is 0.494 e. The van der Waals surface area contributed by atoms with Crippen LogP contribution < -0.4 is 10.2 Å². The van der Waals surface area contributed by atoms with Gasteiger partial charge in [-0.15, -0.1) is 0 Å². The molecule has 4 heteroatoms. The Morgan fingerprint density at radius 3 is 2.29 bits per heavy atom. The summed E-state index contributed by atoms with van der Waals surface area (Å²) < 4.78 is 18.1. The van der Waals surface area contributed by atoms with Crippen molar-refractivity contribution in [3.63, 3.8) is 0 Å². The molecule has 0 atom stereocenters. The third-order valence-corrected chi connectivity index (χ3v) is 4.90. The number of ether oxygens (including phenoxy) is 1. The minimum absolute atomic E-state index is 0.299. The summed E-state index contributed by atoms with van der Waals surface area (Å²) in [6, 6.07) is 6.21. The topological polar surface area (TPSA) is 27.7 Å². The third kappa shape index (κ3) is 2.97.